The fraction of sp³-hybridized carbons (Fsp3) is 0.316. The van der Waals surface area contributed by atoms with Gasteiger partial charge in [0.05, 0.1) is 12.0 Å². The Morgan fingerprint density at radius 1 is 1.44 bits per heavy atom. The van der Waals surface area contributed by atoms with Gasteiger partial charge in [-0.25, -0.2) is 0 Å². The molecule has 0 saturated heterocycles. The molecule has 0 fully saturated rings. The number of nitrogens with zero attached hydrogens (tertiary/aromatic N) is 2. The van der Waals surface area contributed by atoms with E-state index in [2.05, 4.69) is 21.6 Å². The minimum atomic E-state index is -0.465. The number of benzene rings is 1. The molecule has 0 aliphatic rings. The highest BCUT2D eigenvalue weighted by atomic mass is 32.1. The number of aromatic nitrogens is 3. The Kier molecular flexibility index (Phi) is 6.08. The molecule has 0 aliphatic heterocycles. The zero-order chi connectivity index (χ0) is 19.4. The van der Waals surface area contributed by atoms with Crippen LogP contribution in [0.25, 0.3) is 10.7 Å². The minimum absolute atomic E-state index is 0.100. The van der Waals surface area contributed by atoms with Gasteiger partial charge in [-0.15, -0.1) is 11.3 Å². The summed E-state index contributed by atoms with van der Waals surface area (Å²) in [7, 11) is 1.65. The van der Waals surface area contributed by atoms with Gasteiger partial charge in [0.1, 0.15) is 11.8 Å². The quantitative estimate of drug-likeness (QED) is 0.588. The Morgan fingerprint density at radius 3 is 2.96 bits per heavy atom. The van der Waals surface area contributed by atoms with E-state index in [-0.39, 0.29) is 5.91 Å². The van der Waals surface area contributed by atoms with E-state index >= 15 is 0 Å². The third-order valence-electron chi connectivity index (χ3n) is 4.34. The normalized spacial score (nSPS) is 12.0. The SMILES string of the molecule is COc1ccc(C)cc1CCNC(=O)C(C)n1c(-c2cccs2)n[nH]c1=S. The summed E-state index contributed by atoms with van der Waals surface area (Å²) < 4.78 is 7.58. The van der Waals surface area contributed by atoms with Crippen LogP contribution >= 0.6 is 23.6 Å². The molecule has 6 nitrogen and oxygen atoms in total. The highest BCUT2D eigenvalue weighted by molar-refractivity contribution is 7.71. The summed E-state index contributed by atoms with van der Waals surface area (Å²) in [6.07, 6.45) is 0.692. The highest BCUT2D eigenvalue weighted by Gasteiger charge is 2.21. The second-order valence-electron chi connectivity index (χ2n) is 6.23. The molecule has 142 valence electrons. The monoisotopic (exact) mass is 402 g/mol. The molecule has 3 aromatic rings. The number of amides is 1. The summed E-state index contributed by atoms with van der Waals surface area (Å²) >= 11 is 6.89. The Labute approximate surface area is 167 Å². The number of aromatic amines is 1. The molecule has 0 saturated carbocycles. The summed E-state index contributed by atoms with van der Waals surface area (Å²) in [4.78, 5) is 13.6. The lowest BCUT2D eigenvalue weighted by atomic mass is 10.1. The van der Waals surface area contributed by atoms with Crippen molar-refractivity contribution in [1.29, 1.82) is 0 Å². The van der Waals surface area contributed by atoms with Gasteiger partial charge in [-0.05, 0) is 55.6 Å². The molecule has 0 bridgehead atoms. The lowest BCUT2D eigenvalue weighted by Gasteiger charge is -2.16. The molecule has 1 aromatic carbocycles. The van der Waals surface area contributed by atoms with Crippen molar-refractivity contribution >= 4 is 29.5 Å². The average Bonchev–Trinajstić information content (AvgIpc) is 3.30. The van der Waals surface area contributed by atoms with Crippen molar-refractivity contribution in [2.45, 2.75) is 26.3 Å². The number of hydrogen-bond donors (Lipinski definition) is 2. The van der Waals surface area contributed by atoms with Gasteiger partial charge in [-0.1, -0.05) is 23.8 Å². The van der Waals surface area contributed by atoms with Crippen molar-refractivity contribution in [1.82, 2.24) is 20.1 Å². The number of rotatable bonds is 7. The summed E-state index contributed by atoms with van der Waals surface area (Å²) in [5.41, 5.74) is 2.24. The predicted octanol–water partition coefficient (Wildman–Crippen LogP) is 3.91. The van der Waals surface area contributed by atoms with Crippen LogP contribution in [0.15, 0.2) is 35.7 Å². The van der Waals surface area contributed by atoms with Crippen LogP contribution in [-0.4, -0.2) is 34.3 Å². The van der Waals surface area contributed by atoms with E-state index < -0.39 is 6.04 Å². The first-order chi connectivity index (χ1) is 13.0. The van der Waals surface area contributed by atoms with Gasteiger partial charge in [-0.2, -0.15) is 5.10 Å². The van der Waals surface area contributed by atoms with Crippen LogP contribution in [0.3, 0.4) is 0 Å². The maximum Gasteiger partial charge on any atom is 0.242 e. The minimum Gasteiger partial charge on any atom is -0.496 e. The summed E-state index contributed by atoms with van der Waals surface area (Å²) in [6.45, 7) is 4.38. The zero-order valence-corrected chi connectivity index (χ0v) is 17.1. The zero-order valence-electron chi connectivity index (χ0n) is 15.5. The molecule has 2 N–H and O–H groups in total. The molecule has 8 heteroatoms. The first-order valence-corrected chi connectivity index (χ1v) is 9.92. The topological polar surface area (TPSA) is 71.9 Å². The molecule has 2 aromatic heterocycles. The van der Waals surface area contributed by atoms with Crippen LogP contribution in [0.2, 0.25) is 0 Å². The first kappa shape index (κ1) is 19.3. The maximum atomic E-state index is 12.7. The second kappa shape index (κ2) is 8.49. The fourth-order valence-electron chi connectivity index (χ4n) is 2.93. The van der Waals surface area contributed by atoms with Crippen LogP contribution in [0.5, 0.6) is 5.75 Å². The summed E-state index contributed by atoms with van der Waals surface area (Å²) in [5, 5.41) is 12.0. The number of hydrogen-bond acceptors (Lipinski definition) is 5. The molecule has 1 atom stereocenters. The lowest BCUT2D eigenvalue weighted by Crippen LogP contribution is -2.32. The van der Waals surface area contributed by atoms with Crippen LogP contribution in [0.1, 0.15) is 24.1 Å². The lowest BCUT2D eigenvalue weighted by molar-refractivity contribution is -0.123. The molecule has 27 heavy (non-hydrogen) atoms. The van der Waals surface area contributed by atoms with Crippen molar-refractivity contribution in [2.24, 2.45) is 0 Å². The Bertz CT molecular complexity index is 976. The number of H-pyrrole nitrogens is 1. The van der Waals surface area contributed by atoms with Gasteiger partial charge < -0.3 is 10.1 Å². The van der Waals surface area contributed by atoms with E-state index in [9.17, 15) is 4.79 Å². The highest BCUT2D eigenvalue weighted by Crippen LogP contribution is 2.25. The number of ether oxygens (including phenoxy) is 1. The van der Waals surface area contributed by atoms with Crippen molar-refractivity contribution in [3.8, 4) is 16.5 Å². The van der Waals surface area contributed by atoms with Gasteiger partial charge >= 0.3 is 0 Å². The number of methoxy groups -OCH3 is 1. The molecule has 2 heterocycles. The van der Waals surface area contributed by atoms with E-state index in [1.54, 1.807) is 23.0 Å². The van der Waals surface area contributed by atoms with Gasteiger partial charge in [0.15, 0.2) is 10.6 Å². The standard InChI is InChI=1S/C19H22N4O2S2/c1-12-6-7-15(25-3)14(11-12)8-9-20-18(24)13(2)23-17(21-22-19(23)26)16-5-4-10-27-16/h4-7,10-11,13H,8-9H2,1-3H3,(H,20,24)(H,22,26). The summed E-state index contributed by atoms with van der Waals surface area (Å²) in [5.74, 6) is 1.41. The smallest absolute Gasteiger partial charge is 0.242 e. The van der Waals surface area contributed by atoms with E-state index in [0.29, 0.717) is 23.6 Å². The molecule has 1 unspecified atom stereocenters. The number of carbonyl (C=O) groups is 1. The van der Waals surface area contributed by atoms with Crippen molar-refractivity contribution in [3.05, 3.63) is 51.6 Å². The Hall–Kier alpha value is -2.45. The Balaban J connectivity index is 1.68. The molecular weight excluding hydrogens is 380 g/mol. The van der Waals surface area contributed by atoms with Crippen molar-refractivity contribution in [2.75, 3.05) is 13.7 Å². The molecular formula is C19H22N4O2S2. The average molecular weight is 403 g/mol. The number of nitrogens with one attached hydrogen (secondary N) is 2. The number of aryl methyl sites for hydroxylation is 1. The summed E-state index contributed by atoms with van der Waals surface area (Å²) in [6, 6.07) is 9.48. The fourth-order valence-corrected chi connectivity index (χ4v) is 3.93. The van der Waals surface area contributed by atoms with Gasteiger partial charge in [-0.3, -0.25) is 14.5 Å². The van der Waals surface area contributed by atoms with E-state index in [4.69, 9.17) is 17.0 Å². The first-order valence-electron chi connectivity index (χ1n) is 8.63. The Morgan fingerprint density at radius 2 is 2.26 bits per heavy atom. The van der Waals surface area contributed by atoms with Crippen LogP contribution in [0.4, 0.5) is 0 Å². The van der Waals surface area contributed by atoms with Crippen molar-refractivity contribution in [3.63, 3.8) is 0 Å². The van der Waals surface area contributed by atoms with Crippen LogP contribution < -0.4 is 10.1 Å². The van der Waals surface area contributed by atoms with Crippen LogP contribution in [-0.2, 0) is 11.2 Å². The van der Waals surface area contributed by atoms with Crippen LogP contribution in [0, 0.1) is 11.7 Å². The molecule has 3 rings (SSSR count). The third kappa shape index (κ3) is 4.28. The van der Waals surface area contributed by atoms with E-state index in [1.807, 2.05) is 43.5 Å². The van der Waals surface area contributed by atoms with Crippen molar-refractivity contribution < 1.29 is 9.53 Å². The van der Waals surface area contributed by atoms with Gasteiger partial charge in [0, 0.05) is 6.54 Å². The molecule has 1 amide bonds. The van der Waals surface area contributed by atoms with E-state index in [0.717, 1.165) is 21.8 Å². The van der Waals surface area contributed by atoms with E-state index in [1.165, 1.54) is 0 Å². The maximum absolute atomic E-state index is 12.7. The molecule has 0 spiro atoms. The van der Waals surface area contributed by atoms with Gasteiger partial charge in [0.25, 0.3) is 0 Å². The number of carbonyl (C=O) groups excluding carboxylic acids is 1. The molecule has 0 aliphatic carbocycles. The number of thiophene rings is 1. The second-order valence-corrected chi connectivity index (χ2v) is 7.57. The third-order valence-corrected chi connectivity index (χ3v) is 5.50. The largest absolute Gasteiger partial charge is 0.496 e. The molecule has 0 radical (unpaired) electrons. The van der Waals surface area contributed by atoms with Gasteiger partial charge in [0.2, 0.25) is 5.91 Å². The predicted molar refractivity (Wildman–Crippen MR) is 110 cm³/mol.